The lowest BCUT2D eigenvalue weighted by molar-refractivity contribution is 1.30. The van der Waals surface area contributed by atoms with E-state index in [1.165, 1.54) is 49.3 Å². The lowest BCUT2D eigenvalue weighted by atomic mass is 9.95. The van der Waals surface area contributed by atoms with E-state index in [-0.39, 0.29) is 0 Å². The molecule has 0 bridgehead atoms. The molecule has 0 saturated heterocycles. The Hall–Kier alpha value is -2.28. The number of rotatable bonds is 0. The molecule has 1 heteroatoms. The molecule has 1 heterocycles. The van der Waals surface area contributed by atoms with E-state index in [0.29, 0.717) is 0 Å². The number of benzene rings is 3. The molecule has 0 saturated carbocycles. The summed E-state index contributed by atoms with van der Waals surface area (Å²) in [6.45, 7) is 6.64. The van der Waals surface area contributed by atoms with Crippen molar-refractivity contribution in [3.8, 4) is 0 Å². The maximum atomic E-state index is 3.61. The fourth-order valence-electron chi connectivity index (χ4n) is 3.28. The topological polar surface area (TPSA) is 15.8 Å². The zero-order chi connectivity index (χ0) is 13.9. The molecule has 4 rings (SSSR count). The Morgan fingerprint density at radius 3 is 2.45 bits per heavy atom. The summed E-state index contributed by atoms with van der Waals surface area (Å²) in [5, 5.41) is 5.31. The standard InChI is InChI=1S/C19H17N/c1-11-10-14-8-9-16-15-6-4-5-7-17(15)20-19(16)18(14)13(3)12(11)2/h4-10,20H,1-3H3. The van der Waals surface area contributed by atoms with Crippen molar-refractivity contribution in [2.45, 2.75) is 20.8 Å². The molecule has 98 valence electrons. The molecular weight excluding hydrogens is 242 g/mol. The van der Waals surface area contributed by atoms with Gasteiger partial charge in [0.1, 0.15) is 0 Å². The van der Waals surface area contributed by atoms with Gasteiger partial charge in [0.2, 0.25) is 0 Å². The van der Waals surface area contributed by atoms with Gasteiger partial charge in [-0.3, -0.25) is 0 Å². The predicted octanol–water partition coefficient (Wildman–Crippen LogP) is 5.40. The van der Waals surface area contributed by atoms with Crippen molar-refractivity contribution in [2.24, 2.45) is 0 Å². The summed E-state index contributed by atoms with van der Waals surface area (Å²) in [4.78, 5) is 3.61. The molecule has 0 aliphatic rings. The molecule has 1 aromatic heterocycles. The van der Waals surface area contributed by atoms with Gasteiger partial charge < -0.3 is 4.98 Å². The van der Waals surface area contributed by atoms with Crippen molar-refractivity contribution in [2.75, 3.05) is 0 Å². The van der Waals surface area contributed by atoms with E-state index in [1.54, 1.807) is 0 Å². The number of hydrogen-bond acceptors (Lipinski definition) is 0. The van der Waals surface area contributed by atoms with Crippen LogP contribution in [0.5, 0.6) is 0 Å². The van der Waals surface area contributed by atoms with Crippen LogP contribution in [-0.4, -0.2) is 4.98 Å². The first-order valence-electron chi connectivity index (χ1n) is 7.07. The highest BCUT2D eigenvalue weighted by Crippen LogP contribution is 2.34. The van der Waals surface area contributed by atoms with Crippen molar-refractivity contribution in [1.29, 1.82) is 0 Å². The first-order valence-corrected chi connectivity index (χ1v) is 7.07. The van der Waals surface area contributed by atoms with Crippen LogP contribution < -0.4 is 0 Å². The Bertz CT molecular complexity index is 973. The molecular formula is C19H17N. The maximum Gasteiger partial charge on any atom is 0.0547 e. The fourth-order valence-corrected chi connectivity index (χ4v) is 3.28. The van der Waals surface area contributed by atoms with E-state index >= 15 is 0 Å². The van der Waals surface area contributed by atoms with Gasteiger partial charge in [0.15, 0.2) is 0 Å². The summed E-state index contributed by atoms with van der Waals surface area (Å²) in [7, 11) is 0. The van der Waals surface area contributed by atoms with Gasteiger partial charge in [-0.1, -0.05) is 36.4 Å². The van der Waals surface area contributed by atoms with Crippen LogP contribution in [0.3, 0.4) is 0 Å². The molecule has 1 nitrogen and oxygen atoms in total. The van der Waals surface area contributed by atoms with Crippen LogP contribution >= 0.6 is 0 Å². The van der Waals surface area contributed by atoms with E-state index in [9.17, 15) is 0 Å². The highest BCUT2D eigenvalue weighted by Gasteiger charge is 2.11. The molecule has 0 aliphatic heterocycles. The molecule has 0 radical (unpaired) electrons. The monoisotopic (exact) mass is 259 g/mol. The Morgan fingerprint density at radius 2 is 1.60 bits per heavy atom. The largest absolute Gasteiger partial charge is 0.354 e. The van der Waals surface area contributed by atoms with Crippen LogP contribution in [0.15, 0.2) is 42.5 Å². The minimum atomic E-state index is 1.22. The first-order chi connectivity index (χ1) is 9.66. The van der Waals surface area contributed by atoms with Crippen LogP contribution in [0.2, 0.25) is 0 Å². The van der Waals surface area contributed by atoms with E-state index < -0.39 is 0 Å². The second-order valence-electron chi connectivity index (χ2n) is 5.70. The molecule has 0 aliphatic carbocycles. The average Bonchev–Trinajstić information content (AvgIpc) is 2.83. The molecule has 0 spiro atoms. The van der Waals surface area contributed by atoms with Crippen molar-refractivity contribution in [3.63, 3.8) is 0 Å². The van der Waals surface area contributed by atoms with Crippen molar-refractivity contribution < 1.29 is 0 Å². The Kier molecular flexibility index (Phi) is 2.23. The first kappa shape index (κ1) is 11.5. The summed E-state index contributed by atoms with van der Waals surface area (Å²) in [6, 6.07) is 15.3. The number of aromatic amines is 1. The number of H-pyrrole nitrogens is 1. The third-order valence-electron chi connectivity index (χ3n) is 4.62. The molecule has 3 aromatic carbocycles. The van der Waals surface area contributed by atoms with Gasteiger partial charge in [-0.05, 0) is 48.9 Å². The number of hydrogen-bond donors (Lipinski definition) is 1. The smallest absolute Gasteiger partial charge is 0.0547 e. The van der Waals surface area contributed by atoms with Crippen LogP contribution in [0.1, 0.15) is 16.7 Å². The van der Waals surface area contributed by atoms with Crippen LogP contribution in [-0.2, 0) is 0 Å². The molecule has 0 fully saturated rings. The van der Waals surface area contributed by atoms with E-state index in [0.717, 1.165) is 0 Å². The molecule has 0 amide bonds. The summed E-state index contributed by atoms with van der Waals surface area (Å²) >= 11 is 0. The number of para-hydroxylation sites is 1. The number of nitrogens with one attached hydrogen (secondary N) is 1. The second-order valence-corrected chi connectivity index (χ2v) is 5.70. The summed E-state index contributed by atoms with van der Waals surface area (Å²) < 4.78 is 0. The lowest BCUT2D eigenvalue weighted by Gasteiger charge is -2.10. The van der Waals surface area contributed by atoms with Gasteiger partial charge in [-0.25, -0.2) is 0 Å². The summed E-state index contributed by atoms with van der Waals surface area (Å²) in [5.41, 5.74) is 6.63. The van der Waals surface area contributed by atoms with E-state index in [4.69, 9.17) is 0 Å². The van der Waals surface area contributed by atoms with Crippen molar-refractivity contribution in [1.82, 2.24) is 4.98 Å². The number of fused-ring (bicyclic) bond motifs is 5. The highest BCUT2D eigenvalue weighted by molar-refractivity contribution is 6.18. The molecule has 0 atom stereocenters. The van der Waals surface area contributed by atoms with Gasteiger partial charge in [-0.15, -0.1) is 0 Å². The number of aromatic nitrogens is 1. The average molecular weight is 259 g/mol. The molecule has 0 unspecified atom stereocenters. The van der Waals surface area contributed by atoms with Gasteiger partial charge in [0.05, 0.1) is 5.52 Å². The Balaban J connectivity index is 2.32. The van der Waals surface area contributed by atoms with Crippen LogP contribution in [0, 0.1) is 20.8 Å². The highest BCUT2D eigenvalue weighted by atomic mass is 14.7. The SMILES string of the molecule is Cc1cc2ccc3c4ccccc4[nH]c3c2c(C)c1C. The van der Waals surface area contributed by atoms with Crippen LogP contribution in [0.4, 0.5) is 0 Å². The van der Waals surface area contributed by atoms with Crippen LogP contribution in [0.25, 0.3) is 32.6 Å². The van der Waals surface area contributed by atoms with Crippen molar-refractivity contribution >= 4 is 32.6 Å². The van der Waals surface area contributed by atoms with Gasteiger partial charge >= 0.3 is 0 Å². The molecule has 20 heavy (non-hydrogen) atoms. The summed E-state index contributed by atoms with van der Waals surface area (Å²) in [6.07, 6.45) is 0. The van der Waals surface area contributed by atoms with E-state index in [2.05, 4.69) is 68.2 Å². The quantitative estimate of drug-likeness (QED) is 0.435. The molecule has 4 aromatic rings. The zero-order valence-corrected chi connectivity index (χ0v) is 12.0. The maximum absolute atomic E-state index is 3.61. The van der Waals surface area contributed by atoms with Gasteiger partial charge in [0.25, 0.3) is 0 Å². The fraction of sp³-hybridized carbons (Fsp3) is 0.158. The summed E-state index contributed by atoms with van der Waals surface area (Å²) in [5.74, 6) is 0. The Labute approximate surface area is 118 Å². The van der Waals surface area contributed by atoms with E-state index in [1.807, 2.05) is 0 Å². The Morgan fingerprint density at radius 1 is 0.800 bits per heavy atom. The second kappa shape index (κ2) is 3.86. The predicted molar refractivity (Wildman–Crippen MR) is 87.5 cm³/mol. The normalized spacial score (nSPS) is 11.8. The molecule has 1 N–H and O–H groups in total. The number of aryl methyl sites for hydroxylation is 2. The third kappa shape index (κ3) is 1.38. The third-order valence-corrected chi connectivity index (χ3v) is 4.62. The lowest BCUT2D eigenvalue weighted by Crippen LogP contribution is -1.89. The minimum Gasteiger partial charge on any atom is -0.354 e. The van der Waals surface area contributed by atoms with Gasteiger partial charge in [-0.2, -0.15) is 0 Å². The van der Waals surface area contributed by atoms with Gasteiger partial charge in [0, 0.05) is 21.7 Å². The van der Waals surface area contributed by atoms with Crippen molar-refractivity contribution in [3.05, 3.63) is 59.2 Å². The zero-order valence-electron chi connectivity index (χ0n) is 12.0. The minimum absolute atomic E-state index is 1.22.